The van der Waals surface area contributed by atoms with Crippen LogP contribution in [0.2, 0.25) is 0 Å². The van der Waals surface area contributed by atoms with Crippen molar-refractivity contribution in [1.29, 1.82) is 0 Å². The summed E-state index contributed by atoms with van der Waals surface area (Å²) < 4.78 is 22.1. The van der Waals surface area contributed by atoms with E-state index in [0.717, 1.165) is 33.2 Å². The van der Waals surface area contributed by atoms with Crippen LogP contribution in [-0.4, -0.2) is 86.5 Å². The summed E-state index contributed by atoms with van der Waals surface area (Å²) in [5.41, 5.74) is 6.18. The zero-order valence-corrected chi connectivity index (χ0v) is 32.5. The fraction of sp³-hybridized carbons (Fsp3) is 0.256. The van der Waals surface area contributed by atoms with E-state index in [2.05, 4.69) is 25.8 Å². The zero-order valence-electron chi connectivity index (χ0n) is 32.5. The Morgan fingerprint density at radius 1 is 0.737 bits per heavy atom. The number of amides is 3. The number of hydrogen-bond acceptors (Lipinski definition) is 11. The lowest BCUT2D eigenvalue weighted by Gasteiger charge is -2.36. The number of anilines is 5. The van der Waals surface area contributed by atoms with Crippen LogP contribution in [0.5, 0.6) is 23.1 Å². The van der Waals surface area contributed by atoms with Gasteiger partial charge in [0.2, 0.25) is 11.6 Å². The van der Waals surface area contributed by atoms with Crippen LogP contribution in [0.25, 0.3) is 21.8 Å². The number of para-hydroxylation sites is 2. The Bertz CT molecular complexity index is 2370. The van der Waals surface area contributed by atoms with Gasteiger partial charge in [0.1, 0.15) is 5.69 Å². The molecule has 0 aliphatic carbocycles. The Morgan fingerprint density at radius 3 is 1.95 bits per heavy atom. The number of nitrogens with zero attached hydrogens (tertiary/aromatic N) is 4. The van der Waals surface area contributed by atoms with E-state index in [-0.39, 0.29) is 29.8 Å². The highest BCUT2D eigenvalue weighted by molar-refractivity contribution is 6.09. The first-order chi connectivity index (χ1) is 27.8. The minimum absolute atomic E-state index is 0.193. The molecule has 0 unspecified atom stereocenters. The number of aryl methyl sites for hydroxylation is 1. The summed E-state index contributed by atoms with van der Waals surface area (Å²) in [6, 6.07) is 26.1. The summed E-state index contributed by atoms with van der Waals surface area (Å²) >= 11 is 0. The van der Waals surface area contributed by atoms with E-state index in [1.807, 2.05) is 79.7 Å². The van der Waals surface area contributed by atoms with Crippen LogP contribution < -0.4 is 39.8 Å². The molecular weight excluding hydrogens is 727 g/mol. The Labute approximate surface area is 330 Å². The molecule has 6 aromatic rings. The summed E-state index contributed by atoms with van der Waals surface area (Å²) in [7, 11) is 6.18. The van der Waals surface area contributed by atoms with Crippen molar-refractivity contribution in [2.45, 2.75) is 20.0 Å². The predicted octanol–water partition coefficient (Wildman–Crippen LogP) is 7.22. The fourth-order valence-electron chi connectivity index (χ4n) is 7.10. The third-order valence-electron chi connectivity index (χ3n) is 9.95. The number of rotatable bonds is 12. The first kappa shape index (κ1) is 38.5. The van der Waals surface area contributed by atoms with E-state index in [4.69, 9.17) is 23.9 Å². The van der Waals surface area contributed by atoms with Gasteiger partial charge in [-0.25, -0.2) is 14.8 Å². The number of benzene rings is 4. The lowest BCUT2D eigenvalue weighted by Crippen LogP contribution is -2.50. The van der Waals surface area contributed by atoms with E-state index in [0.29, 0.717) is 72.5 Å². The summed E-state index contributed by atoms with van der Waals surface area (Å²) in [6.45, 7) is 3.63. The highest BCUT2D eigenvalue weighted by Crippen LogP contribution is 2.41. The molecule has 1 saturated heterocycles. The highest BCUT2D eigenvalue weighted by Gasteiger charge is 2.26. The van der Waals surface area contributed by atoms with Gasteiger partial charge in [-0.1, -0.05) is 43.3 Å². The number of aliphatic hydroxyl groups is 1. The van der Waals surface area contributed by atoms with Gasteiger partial charge in [0, 0.05) is 66.1 Å². The van der Waals surface area contributed by atoms with Gasteiger partial charge in [-0.3, -0.25) is 4.79 Å². The van der Waals surface area contributed by atoms with Crippen LogP contribution in [0, 0.1) is 0 Å². The summed E-state index contributed by atoms with van der Waals surface area (Å²) in [5.74, 6) is 1.37. The van der Waals surface area contributed by atoms with Crippen LogP contribution in [0.15, 0.2) is 84.9 Å². The van der Waals surface area contributed by atoms with Gasteiger partial charge >= 0.3 is 6.03 Å². The quantitative estimate of drug-likeness (QED) is 0.0931. The second-order valence-electron chi connectivity index (χ2n) is 13.4. The van der Waals surface area contributed by atoms with E-state index >= 15 is 0 Å². The van der Waals surface area contributed by atoms with Gasteiger partial charge in [0.15, 0.2) is 11.5 Å². The average Bonchev–Trinajstić information content (AvgIpc) is 3.25. The molecule has 3 heterocycles. The molecule has 4 N–H and O–H groups in total. The summed E-state index contributed by atoms with van der Waals surface area (Å²) in [5, 5.41) is 21.5. The second-order valence-corrected chi connectivity index (χ2v) is 13.4. The molecule has 2 aromatic heterocycles. The molecule has 14 heteroatoms. The van der Waals surface area contributed by atoms with Crippen LogP contribution in [-0.2, 0) is 13.0 Å². The number of pyridine rings is 2. The molecule has 0 saturated carbocycles. The number of fused-ring (bicyclic) bond motifs is 2. The van der Waals surface area contributed by atoms with Crippen molar-refractivity contribution in [3.05, 3.63) is 102 Å². The number of carbonyl (C=O) groups excluding carboxylic acids is 2. The Hall–Kier alpha value is -6.80. The maximum atomic E-state index is 14.0. The fourth-order valence-corrected chi connectivity index (χ4v) is 7.10. The number of nitrogens with one attached hydrogen (secondary N) is 3. The zero-order chi connectivity index (χ0) is 40.1. The minimum Gasteiger partial charge on any atom is -0.493 e. The molecule has 14 nitrogen and oxygen atoms in total. The first-order valence-electron chi connectivity index (χ1n) is 18.6. The molecule has 57 heavy (non-hydrogen) atoms. The van der Waals surface area contributed by atoms with E-state index in [1.54, 1.807) is 38.4 Å². The van der Waals surface area contributed by atoms with Crippen LogP contribution >= 0.6 is 0 Å². The normalized spacial score (nSPS) is 12.7. The molecule has 294 valence electrons. The largest absolute Gasteiger partial charge is 0.493 e. The van der Waals surface area contributed by atoms with Crippen molar-refractivity contribution < 1.29 is 33.6 Å². The minimum atomic E-state index is -0.433. The number of aliphatic hydroxyl groups excluding tert-OH is 1. The molecule has 7 rings (SSSR count). The molecule has 3 amide bonds. The summed E-state index contributed by atoms with van der Waals surface area (Å²) in [4.78, 5) is 40.9. The number of ether oxygens (including phenoxy) is 4. The van der Waals surface area contributed by atoms with E-state index in [9.17, 15) is 14.7 Å². The highest BCUT2D eigenvalue weighted by atomic mass is 16.5. The molecule has 1 fully saturated rings. The van der Waals surface area contributed by atoms with Crippen molar-refractivity contribution >= 4 is 62.2 Å². The van der Waals surface area contributed by atoms with Crippen molar-refractivity contribution in [2.75, 3.05) is 75.5 Å². The number of hydrogen-bond donors (Lipinski definition) is 4. The smallest absolute Gasteiger partial charge is 0.322 e. The Kier molecular flexibility index (Phi) is 11.4. The van der Waals surface area contributed by atoms with Gasteiger partial charge < -0.3 is 49.8 Å². The molecule has 0 radical (unpaired) electrons. The second kappa shape index (κ2) is 16.9. The van der Waals surface area contributed by atoms with Crippen LogP contribution in [0.4, 0.5) is 33.2 Å². The van der Waals surface area contributed by atoms with Gasteiger partial charge in [-0.2, -0.15) is 0 Å². The van der Waals surface area contributed by atoms with E-state index < -0.39 is 5.91 Å². The number of piperazine rings is 1. The van der Waals surface area contributed by atoms with Gasteiger partial charge in [-0.05, 0) is 48.4 Å². The lowest BCUT2D eigenvalue weighted by atomic mass is 10.1. The van der Waals surface area contributed by atoms with Crippen LogP contribution in [0.3, 0.4) is 0 Å². The average molecular weight is 772 g/mol. The number of methoxy groups -OCH3 is 4. The standard InChI is InChI=1S/C43H45N7O7/c1-6-33-32(24-36(42(47-33)57-5)48-43(53)50-17-15-49(16-18-50)29-22-37(54-2)40(56-4)38(23-29)55-3)41(52)45-28-20-26(25-51)19-27(21-28)44-39-30-11-7-9-13-34(30)46-35-14-10-8-12-31(35)39/h7-14,19-24,51H,6,15-18,25H2,1-5H3,(H,44,46)(H,45,52)(H,48,53). The summed E-state index contributed by atoms with van der Waals surface area (Å²) in [6.07, 6.45) is 0.432. The number of aromatic nitrogens is 2. The molecular formula is C43H45N7O7. The van der Waals surface area contributed by atoms with Gasteiger partial charge in [-0.15, -0.1) is 0 Å². The van der Waals surface area contributed by atoms with E-state index in [1.165, 1.54) is 7.11 Å². The maximum absolute atomic E-state index is 14.0. The van der Waals surface area contributed by atoms with Crippen molar-refractivity contribution in [3.8, 4) is 23.1 Å². The van der Waals surface area contributed by atoms with Crippen molar-refractivity contribution in [3.63, 3.8) is 0 Å². The molecule has 0 atom stereocenters. The Morgan fingerprint density at radius 2 is 1.37 bits per heavy atom. The lowest BCUT2D eigenvalue weighted by molar-refractivity contribution is 0.102. The van der Waals surface area contributed by atoms with Crippen LogP contribution in [0.1, 0.15) is 28.5 Å². The molecule has 0 bridgehead atoms. The third-order valence-corrected chi connectivity index (χ3v) is 9.95. The Balaban J connectivity index is 1.10. The molecule has 0 spiro atoms. The maximum Gasteiger partial charge on any atom is 0.322 e. The first-order valence-corrected chi connectivity index (χ1v) is 18.6. The molecule has 4 aromatic carbocycles. The molecule has 1 aliphatic heterocycles. The topological polar surface area (TPSA) is 160 Å². The van der Waals surface area contributed by atoms with Gasteiger partial charge in [0.05, 0.1) is 63.0 Å². The predicted molar refractivity (Wildman–Crippen MR) is 222 cm³/mol. The number of carbonyl (C=O) groups is 2. The third kappa shape index (κ3) is 7.98. The van der Waals surface area contributed by atoms with Crippen molar-refractivity contribution in [2.24, 2.45) is 0 Å². The number of urea groups is 1. The monoisotopic (exact) mass is 771 g/mol. The SMILES string of the molecule is CCc1nc(OC)c(NC(=O)N2CCN(c3cc(OC)c(OC)c(OC)c3)CC2)cc1C(=O)Nc1cc(CO)cc(Nc2c3ccccc3nc3ccccc23)c1. The molecule has 1 aliphatic rings. The van der Waals surface area contributed by atoms with Crippen molar-refractivity contribution in [1.82, 2.24) is 14.9 Å². The van der Waals surface area contributed by atoms with Gasteiger partial charge in [0.25, 0.3) is 5.91 Å².